The average Bonchev–Trinajstić information content (AvgIpc) is 2.47. The van der Waals surface area contributed by atoms with E-state index < -0.39 is 0 Å². The van der Waals surface area contributed by atoms with Crippen molar-refractivity contribution < 1.29 is 4.79 Å². The molecule has 5 heteroatoms. The van der Waals surface area contributed by atoms with Gasteiger partial charge in [-0.1, -0.05) is 0 Å². The number of nitrogens with one attached hydrogen (secondary N) is 1. The van der Waals surface area contributed by atoms with Gasteiger partial charge in [0.05, 0.1) is 6.54 Å². The van der Waals surface area contributed by atoms with Gasteiger partial charge in [0.25, 0.3) is 0 Å². The van der Waals surface area contributed by atoms with Gasteiger partial charge in [-0.25, -0.2) is 0 Å². The highest BCUT2D eigenvalue weighted by molar-refractivity contribution is 9.10. The predicted molar refractivity (Wildman–Crippen MR) is 54.6 cm³/mol. The van der Waals surface area contributed by atoms with Crippen molar-refractivity contribution in [2.24, 2.45) is 0 Å². The van der Waals surface area contributed by atoms with Gasteiger partial charge in [0, 0.05) is 9.35 Å². The lowest BCUT2D eigenvalue weighted by molar-refractivity contribution is -0.118. The fourth-order valence-corrected chi connectivity index (χ4v) is 2.20. The van der Waals surface area contributed by atoms with Crippen molar-refractivity contribution in [2.45, 2.75) is 6.54 Å². The van der Waals surface area contributed by atoms with E-state index in [9.17, 15) is 4.79 Å². The molecule has 0 aliphatic heterocycles. The standard InChI is InChI=1S/C7H7BrClNOS/c8-5-1-2-12-6(5)4-10-7(11)3-9/h1-2H,3-4H2,(H,10,11). The Labute approximate surface area is 88.0 Å². The summed E-state index contributed by atoms with van der Waals surface area (Å²) in [5, 5.41) is 4.65. The molecule has 0 saturated heterocycles. The van der Waals surface area contributed by atoms with Gasteiger partial charge >= 0.3 is 0 Å². The summed E-state index contributed by atoms with van der Waals surface area (Å²) >= 11 is 10.3. The number of alkyl halides is 1. The number of amides is 1. The summed E-state index contributed by atoms with van der Waals surface area (Å²) in [5.74, 6) is -0.125. The maximum Gasteiger partial charge on any atom is 0.235 e. The van der Waals surface area contributed by atoms with Crippen molar-refractivity contribution in [3.8, 4) is 0 Å². The van der Waals surface area contributed by atoms with Crippen molar-refractivity contribution in [1.29, 1.82) is 0 Å². The van der Waals surface area contributed by atoms with Gasteiger partial charge in [-0.3, -0.25) is 4.79 Å². The number of hydrogen-bond donors (Lipinski definition) is 1. The molecule has 1 rings (SSSR count). The Bertz CT molecular complexity index is 276. The first-order chi connectivity index (χ1) is 5.74. The van der Waals surface area contributed by atoms with E-state index in [2.05, 4.69) is 21.2 Å². The molecule has 0 unspecified atom stereocenters. The molecule has 0 radical (unpaired) electrons. The molecule has 1 aromatic heterocycles. The van der Waals surface area contributed by atoms with Gasteiger partial charge in [-0.2, -0.15) is 0 Å². The molecule has 1 aromatic rings. The Balaban J connectivity index is 2.43. The zero-order valence-corrected chi connectivity index (χ0v) is 9.30. The van der Waals surface area contributed by atoms with E-state index in [4.69, 9.17) is 11.6 Å². The van der Waals surface area contributed by atoms with E-state index in [1.54, 1.807) is 11.3 Å². The van der Waals surface area contributed by atoms with Crippen molar-refractivity contribution in [1.82, 2.24) is 5.32 Å². The average molecular weight is 269 g/mol. The zero-order valence-electron chi connectivity index (χ0n) is 6.14. The monoisotopic (exact) mass is 267 g/mol. The number of rotatable bonds is 3. The predicted octanol–water partition coefficient (Wildman–Crippen LogP) is 2.37. The fraction of sp³-hybridized carbons (Fsp3) is 0.286. The molecule has 0 saturated carbocycles. The molecule has 0 fully saturated rings. The third-order valence-electron chi connectivity index (χ3n) is 1.26. The second kappa shape index (κ2) is 4.84. The van der Waals surface area contributed by atoms with Gasteiger partial charge in [0.2, 0.25) is 5.91 Å². The lowest BCUT2D eigenvalue weighted by Gasteiger charge is -2.00. The largest absolute Gasteiger partial charge is 0.350 e. The Morgan fingerprint density at radius 1 is 1.75 bits per heavy atom. The topological polar surface area (TPSA) is 29.1 Å². The van der Waals surface area contributed by atoms with E-state index in [0.29, 0.717) is 6.54 Å². The van der Waals surface area contributed by atoms with Crippen LogP contribution in [0.25, 0.3) is 0 Å². The summed E-state index contributed by atoms with van der Waals surface area (Å²) in [5.41, 5.74) is 0. The molecule has 2 nitrogen and oxygen atoms in total. The SMILES string of the molecule is O=C(CCl)NCc1sccc1Br. The van der Waals surface area contributed by atoms with Crippen molar-refractivity contribution in [3.63, 3.8) is 0 Å². The molecule has 1 amide bonds. The van der Waals surface area contributed by atoms with Gasteiger partial charge in [0.1, 0.15) is 5.88 Å². The van der Waals surface area contributed by atoms with Crippen molar-refractivity contribution >= 4 is 44.8 Å². The van der Waals surface area contributed by atoms with E-state index >= 15 is 0 Å². The maximum absolute atomic E-state index is 10.8. The van der Waals surface area contributed by atoms with Crippen LogP contribution in [0, 0.1) is 0 Å². The number of carbonyl (C=O) groups excluding carboxylic acids is 1. The van der Waals surface area contributed by atoms with Gasteiger partial charge < -0.3 is 5.32 Å². The van der Waals surface area contributed by atoms with Crippen LogP contribution in [0.15, 0.2) is 15.9 Å². The summed E-state index contributed by atoms with van der Waals surface area (Å²) in [4.78, 5) is 11.9. The van der Waals surface area contributed by atoms with Crippen LogP contribution in [-0.2, 0) is 11.3 Å². The number of halogens is 2. The zero-order chi connectivity index (χ0) is 8.97. The molecule has 0 aliphatic rings. The lowest BCUT2D eigenvalue weighted by atomic mass is 10.4. The molecule has 66 valence electrons. The summed E-state index contributed by atoms with van der Waals surface area (Å²) in [6.07, 6.45) is 0. The number of hydrogen-bond acceptors (Lipinski definition) is 2. The summed E-state index contributed by atoms with van der Waals surface area (Å²) < 4.78 is 1.03. The minimum absolute atomic E-state index is 0.0169. The first-order valence-corrected chi connectivity index (χ1v) is 5.49. The minimum atomic E-state index is -0.142. The Hall–Kier alpha value is -0.0600. The molecule has 1 N–H and O–H groups in total. The Morgan fingerprint density at radius 3 is 3.00 bits per heavy atom. The second-order valence-corrected chi connectivity index (χ2v) is 4.22. The highest BCUT2D eigenvalue weighted by Crippen LogP contribution is 2.21. The van der Waals surface area contributed by atoms with Crippen LogP contribution >= 0.6 is 38.9 Å². The molecule has 0 spiro atoms. The molecule has 1 heterocycles. The molecule has 12 heavy (non-hydrogen) atoms. The van der Waals surface area contributed by atoms with E-state index in [-0.39, 0.29) is 11.8 Å². The smallest absolute Gasteiger partial charge is 0.235 e. The van der Waals surface area contributed by atoms with Crippen LogP contribution in [0.4, 0.5) is 0 Å². The van der Waals surface area contributed by atoms with Crippen LogP contribution in [0.5, 0.6) is 0 Å². The highest BCUT2D eigenvalue weighted by atomic mass is 79.9. The normalized spacial score (nSPS) is 9.83. The van der Waals surface area contributed by atoms with E-state index in [0.717, 1.165) is 9.35 Å². The van der Waals surface area contributed by atoms with Gasteiger partial charge in [-0.15, -0.1) is 22.9 Å². The molecule has 0 atom stereocenters. The quantitative estimate of drug-likeness (QED) is 0.838. The summed E-state index contributed by atoms with van der Waals surface area (Å²) in [7, 11) is 0. The van der Waals surface area contributed by atoms with Crippen LogP contribution < -0.4 is 5.32 Å². The van der Waals surface area contributed by atoms with Crippen molar-refractivity contribution in [3.05, 3.63) is 20.8 Å². The highest BCUT2D eigenvalue weighted by Gasteiger charge is 2.02. The maximum atomic E-state index is 10.8. The van der Waals surface area contributed by atoms with Crippen LogP contribution in [0.3, 0.4) is 0 Å². The van der Waals surface area contributed by atoms with E-state index in [1.807, 2.05) is 11.4 Å². The third-order valence-corrected chi connectivity index (χ3v) is 3.43. The molecule has 0 aromatic carbocycles. The first kappa shape index (κ1) is 10.0. The Morgan fingerprint density at radius 2 is 2.50 bits per heavy atom. The van der Waals surface area contributed by atoms with Crippen molar-refractivity contribution in [2.75, 3.05) is 5.88 Å². The van der Waals surface area contributed by atoms with Crippen LogP contribution in [0.1, 0.15) is 4.88 Å². The van der Waals surface area contributed by atoms with Gasteiger partial charge in [-0.05, 0) is 27.4 Å². The summed E-state index contributed by atoms with van der Waals surface area (Å²) in [6.45, 7) is 0.545. The Kier molecular flexibility index (Phi) is 4.05. The minimum Gasteiger partial charge on any atom is -0.350 e. The first-order valence-electron chi connectivity index (χ1n) is 3.28. The number of thiophene rings is 1. The molecular formula is C7H7BrClNOS. The third kappa shape index (κ3) is 2.77. The van der Waals surface area contributed by atoms with Gasteiger partial charge in [0.15, 0.2) is 0 Å². The van der Waals surface area contributed by atoms with Crippen LogP contribution in [-0.4, -0.2) is 11.8 Å². The molecule has 0 aliphatic carbocycles. The molecular weight excluding hydrogens is 262 g/mol. The summed E-state index contributed by atoms with van der Waals surface area (Å²) in [6, 6.07) is 1.95. The number of carbonyl (C=O) groups is 1. The van der Waals surface area contributed by atoms with Crippen LogP contribution in [0.2, 0.25) is 0 Å². The molecule has 0 bridgehead atoms. The van der Waals surface area contributed by atoms with E-state index in [1.165, 1.54) is 0 Å². The lowest BCUT2D eigenvalue weighted by Crippen LogP contribution is -2.23. The second-order valence-electron chi connectivity index (χ2n) is 2.10. The fourth-order valence-electron chi connectivity index (χ4n) is 0.677.